The Balaban J connectivity index is 2.15. The SMILES string of the molecule is COCC1(C(=O)O)CCN(C(=O)c2cccc(OC(F)(F)F)c2)C1. The van der Waals surface area contributed by atoms with E-state index in [0.717, 1.165) is 12.1 Å². The normalized spacial score (nSPS) is 20.9. The van der Waals surface area contributed by atoms with Crippen molar-refractivity contribution in [1.29, 1.82) is 0 Å². The molecule has 0 aliphatic carbocycles. The van der Waals surface area contributed by atoms with E-state index in [2.05, 4.69) is 4.74 Å². The lowest BCUT2D eigenvalue weighted by molar-refractivity contribution is -0.274. The van der Waals surface area contributed by atoms with Crippen LogP contribution in [-0.4, -0.2) is 55.1 Å². The summed E-state index contributed by atoms with van der Waals surface area (Å²) in [5.41, 5.74) is -1.21. The number of carbonyl (C=O) groups excluding carboxylic acids is 1. The average Bonchev–Trinajstić information content (AvgIpc) is 2.91. The van der Waals surface area contributed by atoms with Gasteiger partial charge in [0.1, 0.15) is 11.2 Å². The number of hydrogen-bond acceptors (Lipinski definition) is 4. The van der Waals surface area contributed by atoms with E-state index in [1.165, 1.54) is 24.1 Å². The molecule has 1 heterocycles. The van der Waals surface area contributed by atoms with Gasteiger partial charge in [0.15, 0.2) is 0 Å². The first-order valence-corrected chi connectivity index (χ1v) is 7.04. The minimum absolute atomic E-state index is 0.00430. The van der Waals surface area contributed by atoms with Gasteiger partial charge in [-0.05, 0) is 24.6 Å². The number of carbonyl (C=O) groups is 2. The van der Waals surface area contributed by atoms with Crippen molar-refractivity contribution in [2.75, 3.05) is 26.8 Å². The standard InChI is InChI=1S/C15H16F3NO5/c1-23-9-14(13(21)22)5-6-19(8-14)12(20)10-3-2-4-11(7-10)24-15(16,17)18/h2-4,7H,5-6,8-9H2,1H3,(H,21,22). The molecule has 0 spiro atoms. The van der Waals surface area contributed by atoms with Gasteiger partial charge >= 0.3 is 12.3 Å². The number of nitrogens with zero attached hydrogens (tertiary/aromatic N) is 1. The number of likely N-dealkylation sites (tertiary alicyclic amines) is 1. The summed E-state index contributed by atoms with van der Waals surface area (Å²) in [5, 5.41) is 9.37. The lowest BCUT2D eigenvalue weighted by Gasteiger charge is -2.24. The second-order valence-electron chi connectivity index (χ2n) is 5.57. The fraction of sp³-hybridized carbons (Fsp3) is 0.467. The molecule has 1 N–H and O–H groups in total. The molecule has 0 aromatic heterocycles. The fourth-order valence-corrected chi connectivity index (χ4v) is 2.69. The highest BCUT2D eigenvalue weighted by Gasteiger charge is 2.46. The van der Waals surface area contributed by atoms with Crippen LogP contribution in [0.2, 0.25) is 0 Å². The molecule has 0 saturated carbocycles. The first-order chi connectivity index (χ1) is 11.2. The number of carboxylic acid groups (broad SMARTS) is 1. The molecule has 1 amide bonds. The van der Waals surface area contributed by atoms with Gasteiger partial charge in [-0.2, -0.15) is 0 Å². The largest absolute Gasteiger partial charge is 0.573 e. The molecule has 1 unspecified atom stereocenters. The smallest absolute Gasteiger partial charge is 0.481 e. The molecule has 132 valence electrons. The minimum atomic E-state index is -4.85. The zero-order valence-electron chi connectivity index (χ0n) is 12.8. The van der Waals surface area contributed by atoms with Crippen LogP contribution in [0.4, 0.5) is 13.2 Å². The molecule has 1 fully saturated rings. The van der Waals surface area contributed by atoms with Crippen LogP contribution in [0.25, 0.3) is 0 Å². The molecule has 1 aromatic rings. The van der Waals surface area contributed by atoms with E-state index in [-0.39, 0.29) is 31.7 Å². The summed E-state index contributed by atoms with van der Waals surface area (Å²) in [6.07, 6.45) is -4.65. The molecule has 0 radical (unpaired) electrons. The second kappa shape index (κ2) is 6.68. The van der Waals surface area contributed by atoms with Crippen LogP contribution in [0, 0.1) is 5.41 Å². The number of halogens is 3. The molecular formula is C15H16F3NO5. The van der Waals surface area contributed by atoms with Crippen LogP contribution in [0.5, 0.6) is 5.75 Å². The van der Waals surface area contributed by atoms with Gasteiger partial charge in [0, 0.05) is 25.8 Å². The molecule has 1 atom stereocenters. The topological polar surface area (TPSA) is 76.1 Å². The Labute approximate surface area is 135 Å². The Morgan fingerprint density at radius 3 is 2.67 bits per heavy atom. The maximum absolute atomic E-state index is 12.4. The third kappa shape index (κ3) is 3.97. The summed E-state index contributed by atoms with van der Waals surface area (Å²) in [5.74, 6) is -2.13. The molecule has 9 heteroatoms. The minimum Gasteiger partial charge on any atom is -0.481 e. The van der Waals surface area contributed by atoms with Gasteiger partial charge in [-0.3, -0.25) is 9.59 Å². The summed E-state index contributed by atoms with van der Waals surface area (Å²) in [7, 11) is 1.37. The molecular weight excluding hydrogens is 331 g/mol. The number of carboxylic acids is 1. The van der Waals surface area contributed by atoms with Gasteiger partial charge in [-0.25, -0.2) is 0 Å². The number of rotatable bonds is 5. The van der Waals surface area contributed by atoms with Crippen LogP contribution in [0.15, 0.2) is 24.3 Å². The van der Waals surface area contributed by atoms with E-state index in [9.17, 15) is 27.9 Å². The van der Waals surface area contributed by atoms with Crippen molar-refractivity contribution in [3.63, 3.8) is 0 Å². The Hall–Kier alpha value is -2.29. The van der Waals surface area contributed by atoms with Gasteiger partial charge in [0.2, 0.25) is 0 Å². The number of aliphatic carboxylic acids is 1. The van der Waals surface area contributed by atoms with Crippen LogP contribution in [-0.2, 0) is 9.53 Å². The first kappa shape index (κ1) is 18.1. The van der Waals surface area contributed by atoms with Crippen molar-refractivity contribution >= 4 is 11.9 Å². The van der Waals surface area contributed by atoms with Crippen molar-refractivity contribution in [2.45, 2.75) is 12.8 Å². The molecule has 1 saturated heterocycles. The maximum atomic E-state index is 12.4. The molecule has 24 heavy (non-hydrogen) atoms. The number of alkyl halides is 3. The second-order valence-corrected chi connectivity index (χ2v) is 5.57. The van der Waals surface area contributed by atoms with Gasteiger partial charge < -0.3 is 19.5 Å². The summed E-state index contributed by atoms with van der Waals surface area (Å²) in [4.78, 5) is 25.2. The molecule has 1 aliphatic heterocycles. The molecule has 6 nitrogen and oxygen atoms in total. The van der Waals surface area contributed by atoms with Crippen molar-refractivity contribution in [3.05, 3.63) is 29.8 Å². The number of hydrogen-bond donors (Lipinski definition) is 1. The maximum Gasteiger partial charge on any atom is 0.573 e. The van der Waals surface area contributed by atoms with Crippen LogP contribution in [0.3, 0.4) is 0 Å². The van der Waals surface area contributed by atoms with Crippen molar-refractivity contribution in [1.82, 2.24) is 4.90 Å². The fourth-order valence-electron chi connectivity index (χ4n) is 2.69. The summed E-state index contributed by atoms with van der Waals surface area (Å²) < 4.78 is 45.5. The molecule has 2 rings (SSSR count). The first-order valence-electron chi connectivity index (χ1n) is 7.04. The average molecular weight is 347 g/mol. The van der Waals surface area contributed by atoms with Crippen LogP contribution in [0.1, 0.15) is 16.8 Å². The van der Waals surface area contributed by atoms with Crippen LogP contribution >= 0.6 is 0 Å². The van der Waals surface area contributed by atoms with E-state index in [1.54, 1.807) is 0 Å². The Bertz CT molecular complexity index is 634. The summed E-state index contributed by atoms with van der Waals surface area (Å²) in [6.45, 7) is 0.0571. The van der Waals surface area contributed by atoms with E-state index >= 15 is 0 Å². The van der Waals surface area contributed by atoms with Gasteiger partial charge in [0.05, 0.1) is 6.61 Å². The molecule has 0 bridgehead atoms. The van der Waals surface area contributed by atoms with E-state index in [0.29, 0.717) is 0 Å². The molecule has 1 aliphatic rings. The predicted octanol–water partition coefficient (Wildman–Crippen LogP) is 2.15. The van der Waals surface area contributed by atoms with Gasteiger partial charge in [-0.1, -0.05) is 6.07 Å². The van der Waals surface area contributed by atoms with Crippen molar-refractivity contribution in [3.8, 4) is 5.75 Å². The van der Waals surface area contributed by atoms with E-state index in [4.69, 9.17) is 4.74 Å². The Kier molecular flexibility index (Phi) is 5.02. The third-order valence-corrected chi connectivity index (χ3v) is 3.83. The zero-order valence-corrected chi connectivity index (χ0v) is 12.8. The summed E-state index contributed by atoms with van der Waals surface area (Å²) >= 11 is 0. The lowest BCUT2D eigenvalue weighted by atomic mass is 9.88. The van der Waals surface area contributed by atoms with Gasteiger partial charge in [0.25, 0.3) is 5.91 Å². The quantitative estimate of drug-likeness (QED) is 0.883. The Morgan fingerprint density at radius 1 is 1.38 bits per heavy atom. The predicted molar refractivity (Wildman–Crippen MR) is 75.6 cm³/mol. The van der Waals surface area contributed by atoms with Crippen molar-refractivity contribution in [2.24, 2.45) is 5.41 Å². The van der Waals surface area contributed by atoms with E-state index in [1.807, 2.05) is 0 Å². The summed E-state index contributed by atoms with van der Waals surface area (Å²) in [6, 6.07) is 4.68. The lowest BCUT2D eigenvalue weighted by Crippen LogP contribution is -2.40. The number of amides is 1. The van der Waals surface area contributed by atoms with Crippen LogP contribution < -0.4 is 4.74 Å². The highest BCUT2D eigenvalue weighted by Crippen LogP contribution is 2.32. The number of methoxy groups -OCH3 is 1. The van der Waals surface area contributed by atoms with Crippen molar-refractivity contribution < 1.29 is 37.3 Å². The monoisotopic (exact) mass is 347 g/mol. The van der Waals surface area contributed by atoms with Gasteiger partial charge in [-0.15, -0.1) is 13.2 Å². The zero-order chi connectivity index (χ0) is 18.0. The number of benzene rings is 1. The highest BCUT2D eigenvalue weighted by molar-refractivity contribution is 5.95. The third-order valence-electron chi connectivity index (χ3n) is 3.83. The molecule has 1 aromatic carbocycles. The number of ether oxygens (including phenoxy) is 2. The highest BCUT2D eigenvalue weighted by atomic mass is 19.4. The Morgan fingerprint density at radius 2 is 2.08 bits per heavy atom. The van der Waals surface area contributed by atoms with E-state index < -0.39 is 29.4 Å².